The first kappa shape index (κ1) is 16.5. The summed E-state index contributed by atoms with van der Waals surface area (Å²) in [6, 6.07) is 20.7. The fourth-order valence-corrected chi connectivity index (χ4v) is 4.93. The second-order valence-electron chi connectivity index (χ2n) is 7.19. The second kappa shape index (κ2) is 6.22. The fraction of sp³-hybridized carbons (Fsp3) is 0.182. The van der Waals surface area contributed by atoms with Crippen molar-refractivity contribution in [3.05, 3.63) is 70.7 Å². The van der Waals surface area contributed by atoms with Crippen LogP contribution < -0.4 is 9.47 Å². The molecule has 5 heteroatoms. The van der Waals surface area contributed by atoms with Crippen molar-refractivity contribution >= 4 is 25.5 Å². The van der Waals surface area contributed by atoms with Gasteiger partial charge in [0.1, 0.15) is 0 Å². The third-order valence-electron chi connectivity index (χ3n) is 4.83. The molecule has 5 rings (SSSR count). The maximum absolute atomic E-state index is 6.24. The maximum atomic E-state index is 6.24. The Morgan fingerprint density at radius 1 is 1.00 bits per heavy atom. The van der Waals surface area contributed by atoms with Crippen molar-refractivity contribution in [3.63, 3.8) is 0 Å². The summed E-state index contributed by atoms with van der Waals surface area (Å²) >= 11 is 0.0295. The van der Waals surface area contributed by atoms with E-state index in [-0.39, 0.29) is 20.3 Å². The molecule has 0 spiro atoms. The Balaban J connectivity index is 1.41. The summed E-state index contributed by atoms with van der Waals surface area (Å²) in [6.45, 7) is 4.67. The minimum absolute atomic E-state index is 0.0295. The van der Waals surface area contributed by atoms with Gasteiger partial charge in [-0.25, -0.2) is 0 Å². The van der Waals surface area contributed by atoms with Crippen LogP contribution in [0, 0.1) is 0 Å². The Morgan fingerprint density at radius 3 is 2.74 bits per heavy atom. The summed E-state index contributed by atoms with van der Waals surface area (Å²) in [5.74, 6) is 1.61. The van der Waals surface area contributed by atoms with E-state index in [1.54, 1.807) is 0 Å². The average molecular weight is 421 g/mol. The van der Waals surface area contributed by atoms with E-state index in [9.17, 15) is 0 Å². The van der Waals surface area contributed by atoms with Gasteiger partial charge in [-0.1, -0.05) is 18.2 Å². The van der Waals surface area contributed by atoms with Crippen LogP contribution in [0.25, 0.3) is 22.0 Å². The van der Waals surface area contributed by atoms with Crippen molar-refractivity contribution in [2.75, 3.05) is 0 Å². The van der Waals surface area contributed by atoms with Gasteiger partial charge in [0, 0.05) is 0 Å². The van der Waals surface area contributed by atoms with Crippen molar-refractivity contribution in [2.24, 2.45) is 0 Å². The Bertz CT molecular complexity index is 1150. The van der Waals surface area contributed by atoms with Crippen molar-refractivity contribution < 1.29 is 9.47 Å². The van der Waals surface area contributed by atoms with E-state index in [2.05, 4.69) is 65.5 Å². The molecule has 0 aliphatic carbocycles. The molecule has 1 aliphatic rings. The van der Waals surface area contributed by atoms with Crippen LogP contribution in [-0.2, 0) is 12.2 Å². The predicted molar refractivity (Wildman–Crippen MR) is 106 cm³/mol. The molecular formula is C22H18N2O2Se. The number of hydrogen-bond donors (Lipinski definition) is 0. The molecule has 0 radical (unpaired) electrons. The molecule has 0 atom stereocenters. The first-order valence-corrected chi connectivity index (χ1v) is 10.5. The van der Waals surface area contributed by atoms with Crippen LogP contribution in [0.5, 0.6) is 11.5 Å². The first-order chi connectivity index (χ1) is 13.1. The molecule has 0 saturated carbocycles. The van der Waals surface area contributed by atoms with Crippen LogP contribution in [0.2, 0.25) is 0 Å². The van der Waals surface area contributed by atoms with Gasteiger partial charge in [0.2, 0.25) is 0 Å². The number of nitrogens with zero attached hydrogens (tertiary/aromatic N) is 2. The van der Waals surface area contributed by atoms with Gasteiger partial charge in [-0.05, 0) is 0 Å². The first-order valence-electron chi connectivity index (χ1n) is 8.87. The van der Waals surface area contributed by atoms with Gasteiger partial charge in [0.15, 0.2) is 0 Å². The van der Waals surface area contributed by atoms with Gasteiger partial charge >= 0.3 is 145 Å². The van der Waals surface area contributed by atoms with E-state index in [0.29, 0.717) is 6.61 Å². The van der Waals surface area contributed by atoms with Crippen molar-refractivity contribution in [2.45, 2.75) is 26.1 Å². The zero-order valence-electron chi connectivity index (χ0n) is 15.1. The quantitative estimate of drug-likeness (QED) is 0.455. The zero-order chi connectivity index (χ0) is 18.4. The van der Waals surface area contributed by atoms with Crippen molar-refractivity contribution in [1.82, 2.24) is 9.19 Å². The average Bonchev–Trinajstić information content (AvgIpc) is 3.17. The molecule has 0 N–H and O–H groups in total. The summed E-state index contributed by atoms with van der Waals surface area (Å²) < 4.78 is 17.7. The topological polar surface area (TPSA) is 44.2 Å². The molecule has 1 aromatic heterocycles. The summed E-state index contributed by atoms with van der Waals surface area (Å²) in [5.41, 5.74) is 2.75. The third kappa shape index (κ3) is 2.93. The van der Waals surface area contributed by atoms with E-state index in [4.69, 9.17) is 9.47 Å². The fourth-order valence-electron chi connectivity index (χ4n) is 3.45. The van der Waals surface area contributed by atoms with Gasteiger partial charge in [-0.3, -0.25) is 0 Å². The Labute approximate surface area is 163 Å². The van der Waals surface area contributed by atoms with Gasteiger partial charge < -0.3 is 0 Å². The van der Waals surface area contributed by atoms with E-state index in [1.807, 2.05) is 18.2 Å². The molecule has 4 nitrogen and oxygen atoms in total. The standard InChI is InChI=1S/C22H18N2O2Se/c1-22(2)21-20(23-24-27-21)18-10-9-17(12-19(18)26-22)25-13-14-7-8-15-5-3-4-6-16(15)11-14/h3-12H,13H2,1-2H3. The Hall–Kier alpha value is -2.62. The molecule has 134 valence electrons. The molecular weight excluding hydrogens is 403 g/mol. The molecule has 1 aliphatic heterocycles. The molecule has 27 heavy (non-hydrogen) atoms. The van der Waals surface area contributed by atoms with Gasteiger partial charge in [0.05, 0.1) is 0 Å². The van der Waals surface area contributed by atoms with Crippen LogP contribution in [0.4, 0.5) is 0 Å². The third-order valence-corrected chi connectivity index (χ3v) is 6.99. The molecule has 4 aromatic rings. The number of ether oxygens (including phenoxy) is 2. The monoisotopic (exact) mass is 422 g/mol. The van der Waals surface area contributed by atoms with Crippen LogP contribution in [-0.4, -0.2) is 23.9 Å². The summed E-state index contributed by atoms with van der Waals surface area (Å²) in [4.78, 5) is 0. The number of fused-ring (bicyclic) bond motifs is 4. The van der Waals surface area contributed by atoms with Crippen LogP contribution in [0.3, 0.4) is 0 Å². The normalized spacial score (nSPS) is 14.3. The SMILES string of the molecule is CC1(C)Oc2cc(OCc3ccc4ccccc4c3)ccc2-c2nn[se]c21. The molecule has 0 saturated heterocycles. The Morgan fingerprint density at radius 2 is 1.85 bits per heavy atom. The molecule has 2 heterocycles. The van der Waals surface area contributed by atoms with Gasteiger partial charge in [-0.15, -0.1) is 0 Å². The van der Waals surface area contributed by atoms with Gasteiger partial charge in [-0.2, -0.15) is 0 Å². The van der Waals surface area contributed by atoms with E-state index in [0.717, 1.165) is 28.3 Å². The van der Waals surface area contributed by atoms with Crippen molar-refractivity contribution in [1.29, 1.82) is 0 Å². The summed E-state index contributed by atoms with van der Waals surface area (Å²) in [5, 5.41) is 6.82. The number of hydrogen-bond acceptors (Lipinski definition) is 4. The van der Waals surface area contributed by atoms with Crippen LogP contribution in [0.15, 0.2) is 60.7 Å². The molecule has 0 bridgehead atoms. The second-order valence-corrected chi connectivity index (χ2v) is 8.77. The van der Waals surface area contributed by atoms with Crippen molar-refractivity contribution in [3.8, 4) is 22.8 Å². The summed E-state index contributed by atoms with van der Waals surface area (Å²) in [6.07, 6.45) is 0. The zero-order valence-corrected chi connectivity index (χ0v) is 16.8. The molecule has 0 amide bonds. The van der Waals surface area contributed by atoms with E-state index in [1.165, 1.54) is 15.2 Å². The molecule has 0 unspecified atom stereocenters. The van der Waals surface area contributed by atoms with Crippen LogP contribution in [0.1, 0.15) is 23.8 Å². The Kier molecular flexibility index (Phi) is 3.81. The minimum atomic E-state index is -0.372. The van der Waals surface area contributed by atoms with Crippen LogP contribution >= 0.6 is 0 Å². The number of rotatable bonds is 3. The summed E-state index contributed by atoms with van der Waals surface area (Å²) in [7, 11) is 0. The van der Waals surface area contributed by atoms with E-state index >= 15 is 0 Å². The molecule has 3 aromatic carbocycles. The number of benzene rings is 3. The molecule has 0 fully saturated rings. The van der Waals surface area contributed by atoms with E-state index < -0.39 is 0 Å². The number of aromatic nitrogens is 2. The van der Waals surface area contributed by atoms with Gasteiger partial charge in [0.25, 0.3) is 0 Å². The predicted octanol–water partition coefficient (Wildman–Crippen LogP) is 4.56.